The third-order valence-electron chi connectivity index (χ3n) is 8.07. The Labute approximate surface area is 208 Å². The smallest absolute Gasteiger partial charge is 0.313 e. The van der Waals surface area contributed by atoms with Crippen molar-refractivity contribution in [2.75, 3.05) is 19.8 Å². The molecular weight excluding hydrogens is 448 g/mol. The van der Waals surface area contributed by atoms with Gasteiger partial charge in [0.05, 0.1) is 25.2 Å². The van der Waals surface area contributed by atoms with Crippen molar-refractivity contribution in [3.05, 3.63) is 24.3 Å². The molecule has 0 saturated carbocycles. The Morgan fingerprint density at radius 3 is 2.46 bits per heavy atom. The number of aliphatic hydroxyl groups excluding tert-OH is 1. The maximum atomic E-state index is 14.3. The summed E-state index contributed by atoms with van der Waals surface area (Å²) in [6.07, 6.45) is 10.1. The van der Waals surface area contributed by atoms with E-state index < -0.39 is 41.1 Å². The van der Waals surface area contributed by atoms with Gasteiger partial charge in [-0.25, -0.2) is 0 Å². The zero-order chi connectivity index (χ0) is 25.5. The maximum absolute atomic E-state index is 14.3. The summed E-state index contributed by atoms with van der Waals surface area (Å²) in [4.78, 5) is 45.2. The number of carbonyl (C=O) groups excluding carboxylic acids is 3. The number of likely N-dealkylation sites (tertiary alicyclic amines) is 1. The van der Waals surface area contributed by atoms with Crippen LogP contribution in [0.15, 0.2) is 24.3 Å². The molecule has 4 aliphatic rings. The van der Waals surface area contributed by atoms with Crippen LogP contribution in [0, 0.1) is 17.8 Å². The molecule has 2 fully saturated rings. The number of ether oxygens (including phenoxy) is 2. The molecule has 4 rings (SSSR count). The van der Waals surface area contributed by atoms with E-state index in [0.717, 1.165) is 6.42 Å². The molecule has 4 heterocycles. The van der Waals surface area contributed by atoms with Gasteiger partial charge in [0, 0.05) is 12.6 Å². The van der Waals surface area contributed by atoms with Gasteiger partial charge in [0.15, 0.2) is 0 Å². The summed E-state index contributed by atoms with van der Waals surface area (Å²) in [5.74, 6) is -2.56. The molecule has 1 spiro atoms. The molecule has 0 bridgehead atoms. The first-order valence-electron chi connectivity index (χ1n) is 13.1. The van der Waals surface area contributed by atoms with Gasteiger partial charge in [0.25, 0.3) is 0 Å². The molecule has 8 heteroatoms. The SMILES string of the molecule is CC[C@]12/C=C\CCCOC(=O)[C@H]1[C@H]1C(=O)N([C@@H](CO)CC(C)C)C3C(=O)N(C(C)C)CC=C[C@@]31O2. The Morgan fingerprint density at radius 2 is 1.83 bits per heavy atom. The number of hydrogen-bond acceptors (Lipinski definition) is 6. The second kappa shape index (κ2) is 9.69. The van der Waals surface area contributed by atoms with Crippen molar-refractivity contribution < 1.29 is 29.0 Å². The third-order valence-corrected chi connectivity index (χ3v) is 8.07. The number of rotatable bonds is 6. The number of carbonyl (C=O) groups is 3. The van der Waals surface area contributed by atoms with Gasteiger partial charge < -0.3 is 24.4 Å². The van der Waals surface area contributed by atoms with Crippen molar-refractivity contribution in [2.45, 2.75) is 89.6 Å². The number of allylic oxidation sites excluding steroid dienone is 1. The molecule has 6 atom stereocenters. The molecule has 4 aliphatic heterocycles. The summed E-state index contributed by atoms with van der Waals surface area (Å²) in [7, 11) is 0. The Bertz CT molecular complexity index is 913. The zero-order valence-corrected chi connectivity index (χ0v) is 21.6. The first-order valence-corrected chi connectivity index (χ1v) is 13.1. The number of aliphatic hydroxyl groups is 1. The van der Waals surface area contributed by atoms with E-state index in [-0.39, 0.29) is 37.0 Å². The standard InChI is InChI=1S/C27H40N2O6/c1-6-26-11-8-7-9-14-34-25(33)21(26)20-23(31)29(19(16-30)15-17(2)3)22-24(32)28(18(4)5)13-10-12-27(20,22)35-26/h8,10-12,17-22,30H,6-7,9,13-16H2,1-5H3/b11-8-/t19-,20+,21-,22?,26+,27+/m1/s1. The fourth-order valence-electron chi connectivity index (χ4n) is 6.51. The van der Waals surface area contributed by atoms with E-state index in [4.69, 9.17) is 9.47 Å². The van der Waals surface area contributed by atoms with Gasteiger partial charge in [-0.3, -0.25) is 14.4 Å². The van der Waals surface area contributed by atoms with Crippen LogP contribution in [0.25, 0.3) is 0 Å². The van der Waals surface area contributed by atoms with Crippen molar-refractivity contribution in [1.82, 2.24) is 9.80 Å². The van der Waals surface area contributed by atoms with Gasteiger partial charge in [0.1, 0.15) is 23.2 Å². The average Bonchev–Trinajstić information content (AvgIpc) is 3.18. The normalized spacial score (nSPS) is 36.8. The van der Waals surface area contributed by atoms with Gasteiger partial charge >= 0.3 is 5.97 Å². The number of nitrogens with zero attached hydrogens (tertiary/aromatic N) is 2. The summed E-state index contributed by atoms with van der Waals surface area (Å²) < 4.78 is 12.5. The molecule has 1 unspecified atom stereocenters. The van der Waals surface area contributed by atoms with Crippen LogP contribution in [-0.4, -0.2) is 81.8 Å². The number of cyclic esters (lactones) is 1. The second-order valence-electron chi connectivity index (χ2n) is 11.0. The molecule has 2 saturated heterocycles. The quantitative estimate of drug-likeness (QED) is 0.456. The van der Waals surface area contributed by atoms with Gasteiger partial charge in [-0.05, 0) is 45.4 Å². The molecule has 0 aromatic heterocycles. The van der Waals surface area contributed by atoms with Crippen molar-refractivity contribution in [2.24, 2.45) is 17.8 Å². The molecule has 2 amide bonds. The highest BCUT2D eigenvalue weighted by Crippen LogP contribution is 2.58. The number of amides is 2. The lowest BCUT2D eigenvalue weighted by Crippen LogP contribution is -2.59. The molecular formula is C27H40N2O6. The first kappa shape index (κ1) is 25.9. The minimum absolute atomic E-state index is 0.0837. The van der Waals surface area contributed by atoms with E-state index in [1.54, 1.807) is 9.80 Å². The monoisotopic (exact) mass is 488 g/mol. The molecule has 35 heavy (non-hydrogen) atoms. The van der Waals surface area contributed by atoms with E-state index in [1.165, 1.54) is 0 Å². The van der Waals surface area contributed by atoms with E-state index >= 15 is 0 Å². The maximum Gasteiger partial charge on any atom is 0.313 e. The summed E-state index contributed by atoms with van der Waals surface area (Å²) in [5, 5.41) is 10.4. The lowest BCUT2D eigenvalue weighted by molar-refractivity contribution is -0.163. The second-order valence-corrected chi connectivity index (χ2v) is 11.0. The molecule has 0 aromatic rings. The summed E-state index contributed by atoms with van der Waals surface area (Å²) in [6, 6.07) is -1.60. The van der Waals surface area contributed by atoms with Crippen LogP contribution in [0.2, 0.25) is 0 Å². The van der Waals surface area contributed by atoms with Crippen LogP contribution in [0.4, 0.5) is 0 Å². The van der Waals surface area contributed by atoms with E-state index in [1.807, 2.05) is 58.9 Å². The first-order chi connectivity index (χ1) is 16.6. The number of esters is 1. The minimum atomic E-state index is -1.31. The summed E-state index contributed by atoms with van der Waals surface area (Å²) in [5.41, 5.74) is -2.36. The summed E-state index contributed by atoms with van der Waals surface area (Å²) in [6.45, 7) is 10.3. The predicted octanol–water partition coefficient (Wildman–Crippen LogP) is 2.45. The molecule has 194 valence electrons. The van der Waals surface area contributed by atoms with Gasteiger partial charge in [-0.15, -0.1) is 0 Å². The lowest BCUT2D eigenvalue weighted by atomic mass is 9.73. The Balaban J connectivity index is 1.93. The minimum Gasteiger partial charge on any atom is -0.465 e. The Kier molecular flexibility index (Phi) is 7.17. The average molecular weight is 489 g/mol. The van der Waals surface area contributed by atoms with E-state index in [9.17, 15) is 19.5 Å². The predicted molar refractivity (Wildman–Crippen MR) is 130 cm³/mol. The topological polar surface area (TPSA) is 96.4 Å². The fraction of sp³-hybridized carbons (Fsp3) is 0.741. The lowest BCUT2D eigenvalue weighted by Gasteiger charge is -2.41. The Hall–Kier alpha value is -2.19. The molecule has 0 aromatic carbocycles. The van der Waals surface area contributed by atoms with Crippen LogP contribution in [0.1, 0.15) is 60.3 Å². The van der Waals surface area contributed by atoms with Crippen LogP contribution < -0.4 is 0 Å². The van der Waals surface area contributed by atoms with Crippen LogP contribution >= 0.6 is 0 Å². The number of fused-ring (bicyclic) bond motifs is 2. The Morgan fingerprint density at radius 1 is 1.09 bits per heavy atom. The van der Waals surface area contributed by atoms with Crippen molar-refractivity contribution in [1.29, 1.82) is 0 Å². The summed E-state index contributed by atoms with van der Waals surface area (Å²) >= 11 is 0. The third kappa shape index (κ3) is 4.02. The van der Waals surface area contributed by atoms with Crippen molar-refractivity contribution in [3.8, 4) is 0 Å². The van der Waals surface area contributed by atoms with Crippen molar-refractivity contribution >= 4 is 17.8 Å². The van der Waals surface area contributed by atoms with Crippen LogP contribution in [-0.2, 0) is 23.9 Å². The molecule has 1 N–H and O–H groups in total. The van der Waals surface area contributed by atoms with Gasteiger partial charge in [0.2, 0.25) is 11.8 Å². The van der Waals surface area contributed by atoms with Crippen LogP contribution in [0.5, 0.6) is 0 Å². The fourth-order valence-corrected chi connectivity index (χ4v) is 6.51. The molecule has 0 aliphatic carbocycles. The van der Waals surface area contributed by atoms with Crippen LogP contribution in [0.3, 0.4) is 0 Å². The molecule has 8 nitrogen and oxygen atoms in total. The van der Waals surface area contributed by atoms with Gasteiger partial charge in [-0.2, -0.15) is 0 Å². The molecule has 0 radical (unpaired) electrons. The highest BCUT2D eigenvalue weighted by atomic mass is 16.6. The van der Waals surface area contributed by atoms with E-state index in [2.05, 4.69) is 0 Å². The van der Waals surface area contributed by atoms with Gasteiger partial charge in [-0.1, -0.05) is 45.1 Å². The zero-order valence-electron chi connectivity index (χ0n) is 21.6. The largest absolute Gasteiger partial charge is 0.465 e. The highest BCUT2D eigenvalue weighted by molar-refractivity contribution is 5.99. The highest BCUT2D eigenvalue weighted by Gasteiger charge is 2.75. The van der Waals surface area contributed by atoms with E-state index in [0.29, 0.717) is 25.8 Å². The number of hydrogen-bond donors (Lipinski definition) is 1. The van der Waals surface area contributed by atoms with Crippen molar-refractivity contribution in [3.63, 3.8) is 0 Å².